The summed E-state index contributed by atoms with van der Waals surface area (Å²) < 4.78 is 14.5. The second-order valence-electron chi connectivity index (χ2n) is 5.11. The molecule has 0 aliphatic heterocycles. The van der Waals surface area contributed by atoms with Crippen molar-refractivity contribution >= 4 is 15.9 Å². The van der Waals surface area contributed by atoms with Crippen molar-refractivity contribution in [3.63, 3.8) is 0 Å². The summed E-state index contributed by atoms with van der Waals surface area (Å²) in [5.74, 6) is -0.170. The first-order valence-electron chi connectivity index (χ1n) is 6.25. The van der Waals surface area contributed by atoms with E-state index in [-0.39, 0.29) is 11.2 Å². The fourth-order valence-corrected chi connectivity index (χ4v) is 3.44. The Balaban J connectivity index is 2.49. The quantitative estimate of drug-likeness (QED) is 0.876. The van der Waals surface area contributed by atoms with Gasteiger partial charge in [0, 0.05) is 16.4 Å². The van der Waals surface area contributed by atoms with E-state index in [0.29, 0.717) is 6.54 Å². The van der Waals surface area contributed by atoms with Crippen LogP contribution in [-0.4, -0.2) is 6.54 Å². The van der Waals surface area contributed by atoms with Gasteiger partial charge in [0.2, 0.25) is 0 Å². The van der Waals surface area contributed by atoms with Crippen LogP contribution in [0.25, 0.3) is 0 Å². The van der Waals surface area contributed by atoms with E-state index in [1.807, 2.05) is 6.92 Å². The molecule has 3 heteroatoms. The highest BCUT2D eigenvalue weighted by molar-refractivity contribution is 9.10. The highest BCUT2D eigenvalue weighted by Crippen LogP contribution is 2.41. The van der Waals surface area contributed by atoms with Gasteiger partial charge in [-0.2, -0.15) is 0 Å². The maximum absolute atomic E-state index is 13.6. The minimum absolute atomic E-state index is 0.00699. The molecule has 0 saturated heterocycles. The topological polar surface area (TPSA) is 26.0 Å². The van der Waals surface area contributed by atoms with Crippen LogP contribution in [0.15, 0.2) is 16.6 Å². The van der Waals surface area contributed by atoms with Crippen molar-refractivity contribution in [3.05, 3.63) is 33.5 Å². The van der Waals surface area contributed by atoms with Gasteiger partial charge in [-0.15, -0.1) is 0 Å². The molecule has 0 atom stereocenters. The molecule has 1 nitrogen and oxygen atoms in total. The summed E-state index contributed by atoms with van der Waals surface area (Å²) in [5.41, 5.74) is 8.24. The van der Waals surface area contributed by atoms with Crippen LogP contribution in [0.5, 0.6) is 0 Å². The fourth-order valence-electron chi connectivity index (χ4n) is 3.01. The van der Waals surface area contributed by atoms with Gasteiger partial charge >= 0.3 is 0 Å². The van der Waals surface area contributed by atoms with E-state index in [4.69, 9.17) is 5.73 Å². The first kappa shape index (κ1) is 13.0. The van der Waals surface area contributed by atoms with Gasteiger partial charge in [0.25, 0.3) is 0 Å². The van der Waals surface area contributed by atoms with Crippen LogP contribution in [0.1, 0.15) is 43.2 Å². The molecule has 0 spiro atoms. The number of hydrogen-bond acceptors (Lipinski definition) is 1. The van der Waals surface area contributed by atoms with Crippen molar-refractivity contribution in [3.8, 4) is 0 Å². The van der Waals surface area contributed by atoms with Crippen LogP contribution in [0.3, 0.4) is 0 Å². The summed E-state index contributed by atoms with van der Waals surface area (Å²) in [6.07, 6.45) is 5.84. The average Bonchev–Trinajstić information content (AvgIpc) is 2.34. The lowest BCUT2D eigenvalue weighted by molar-refractivity contribution is 0.298. The molecular weight excluding hydrogens is 281 g/mol. The Bertz CT molecular complexity index is 411. The van der Waals surface area contributed by atoms with Gasteiger partial charge in [-0.3, -0.25) is 0 Å². The van der Waals surface area contributed by atoms with E-state index in [1.165, 1.54) is 25.3 Å². The molecule has 2 rings (SSSR count). The van der Waals surface area contributed by atoms with Crippen molar-refractivity contribution in [2.45, 2.75) is 44.4 Å². The highest BCUT2D eigenvalue weighted by atomic mass is 79.9. The summed E-state index contributed by atoms with van der Waals surface area (Å²) in [6.45, 7) is 2.66. The van der Waals surface area contributed by atoms with Crippen molar-refractivity contribution in [1.29, 1.82) is 0 Å². The second-order valence-corrected chi connectivity index (χ2v) is 5.96. The molecule has 17 heavy (non-hydrogen) atoms. The maximum atomic E-state index is 13.6. The van der Waals surface area contributed by atoms with E-state index in [2.05, 4.69) is 15.9 Å². The Kier molecular flexibility index (Phi) is 3.88. The Morgan fingerprint density at radius 2 is 1.94 bits per heavy atom. The lowest BCUT2D eigenvalue weighted by Crippen LogP contribution is -2.38. The molecule has 0 unspecified atom stereocenters. The third-order valence-electron chi connectivity index (χ3n) is 4.08. The molecule has 0 amide bonds. The van der Waals surface area contributed by atoms with Crippen molar-refractivity contribution in [2.75, 3.05) is 6.54 Å². The van der Waals surface area contributed by atoms with Crippen LogP contribution < -0.4 is 5.73 Å². The molecule has 2 N–H and O–H groups in total. The van der Waals surface area contributed by atoms with Gasteiger partial charge in [-0.05, 0) is 43.0 Å². The minimum atomic E-state index is -0.170. The van der Waals surface area contributed by atoms with E-state index in [9.17, 15) is 4.39 Å². The van der Waals surface area contributed by atoms with E-state index in [0.717, 1.165) is 28.4 Å². The molecule has 1 saturated carbocycles. The Hall–Kier alpha value is -0.410. The molecule has 1 fully saturated rings. The number of hydrogen-bond donors (Lipinski definition) is 1. The Labute approximate surface area is 111 Å². The molecule has 1 aliphatic carbocycles. The third-order valence-corrected chi connectivity index (χ3v) is 4.91. The maximum Gasteiger partial charge on any atom is 0.124 e. The molecule has 1 aromatic carbocycles. The molecule has 1 aliphatic rings. The summed E-state index contributed by atoms with van der Waals surface area (Å²) in [6, 6.07) is 3.21. The minimum Gasteiger partial charge on any atom is -0.330 e. The molecule has 0 aromatic heterocycles. The van der Waals surface area contributed by atoms with E-state index >= 15 is 0 Å². The number of halogens is 2. The van der Waals surface area contributed by atoms with Gasteiger partial charge in [-0.1, -0.05) is 35.2 Å². The van der Waals surface area contributed by atoms with Crippen LogP contribution in [-0.2, 0) is 5.41 Å². The molecule has 94 valence electrons. The number of benzene rings is 1. The monoisotopic (exact) mass is 299 g/mol. The van der Waals surface area contributed by atoms with Crippen molar-refractivity contribution in [1.82, 2.24) is 0 Å². The van der Waals surface area contributed by atoms with Gasteiger partial charge in [0.05, 0.1) is 0 Å². The normalized spacial score (nSPS) is 19.3. The molecule has 1 aromatic rings. The molecule has 0 bridgehead atoms. The lowest BCUT2D eigenvalue weighted by Gasteiger charge is -2.38. The second kappa shape index (κ2) is 5.07. The van der Waals surface area contributed by atoms with Crippen LogP contribution in [0, 0.1) is 12.7 Å². The smallest absolute Gasteiger partial charge is 0.124 e. The predicted octanol–water partition coefficient (Wildman–Crippen LogP) is 4.06. The van der Waals surface area contributed by atoms with Crippen LogP contribution in [0.4, 0.5) is 4.39 Å². The first-order chi connectivity index (χ1) is 8.09. The Morgan fingerprint density at radius 3 is 2.53 bits per heavy atom. The summed E-state index contributed by atoms with van der Waals surface area (Å²) >= 11 is 3.44. The van der Waals surface area contributed by atoms with Crippen molar-refractivity contribution in [2.24, 2.45) is 5.73 Å². The van der Waals surface area contributed by atoms with Crippen LogP contribution >= 0.6 is 15.9 Å². The number of rotatable bonds is 2. The van der Waals surface area contributed by atoms with Gasteiger partial charge in [-0.25, -0.2) is 4.39 Å². The zero-order chi connectivity index (χ0) is 12.5. The van der Waals surface area contributed by atoms with Gasteiger partial charge in [0.15, 0.2) is 0 Å². The lowest BCUT2D eigenvalue weighted by atomic mass is 9.68. The zero-order valence-electron chi connectivity index (χ0n) is 10.2. The summed E-state index contributed by atoms with van der Waals surface area (Å²) in [7, 11) is 0. The fraction of sp³-hybridized carbons (Fsp3) is 0.571. The van der Waals surface area contributed by atoms with E-state index < -0.39 is 0 Å². The van der Waals surface area contributed by atoms with Crippen molar-refractivity contribution < 1.29 is 4.39 Å². The summed E-state index contributed by atoms with van der Waals surface area (Å²) in [4.78, 5) is 0. The first-order valence-corrected chi connectivity index (χ1v) is 7.04. The zero-order valence-corrected chi connectivity index (χ0v) is 11.8. The highest BCUT2D eigenvalue weighted by Gasteiger charge is 2.34. The van der Waals surface area contributed by atoms with Gasteiger partial charge < -0.3 is 5.73 Å². The average molecular weight is 300 g/mol. The van der Waals surface area contributed by atoms with Crippen LogP contribution in [0.2, 0.25) is 0 Å². The summed E-state index contributed by atoms with van der Waals surface area (Å²) in [5, 5.41) is 0. The standard InChI is InChI=1S/C14H19BrFN/c1-10-12(7-11(16)8-13(10)15)14(9-17)5-3-2-4-6-14/h7-8H,2-6,9,17H2,1H3. The number of nitrogens with two attached hydrogens (primary N) is 1. The molecule has 0 radical (unpaired) electrons. The molecular formula is C14H19BrFN. The van der Waals surface area contributed by atoms with E-state index in [1.54, 1.807) is 6.07 Å². The largest absolute Gasteiger partial charge is 0.330 e. The predicted molar refractivity (Wildman–Crippen MR) is 72.7 cm³/mol. The van der Waals surface area contributed by atoms with Gasteiger partial charge in [0.1, 0.15) is 5.82 Å². The Morgan fingerprint density at radius 1 is 1.29 bits per heavy atom. The SMILES string of the molecule is Cc1c(Br)cc(F)cc1C1(CN)CCCCC1. The molecule has 0 heterocycles. The third kappa shape index (κ3) is 2.41.